The van der Waals surface area contributed by atoms with E-state index in [2.05, 4.69) is 27.9 Å². The number of thioether (sulfide) groups is 1. The van der Waals surface area contributed by atoms with E-state index in [1.54, 1.807) is 18.0 Å². The van der Waals surface area contributed by atoms with Gasteiger partial charge < -0.3 is 9.73 Å². The number of benzene rings is 1. The first kappa shape index (κ1) is 14.5. The van der Waals surface area contributed by atoms with E-state index >= 15 is 0 Å². The molecule has 1 N–H and O–H groups in total. The highest BCUT2D eigenvalue weighted by atomic mass is 127. The SMILES string of the molecule is Cc1cc(I)ccc1NC(=O)CSCc1ccco1. The predicted octanol–water partition coefficient (Wildman–Crippen LogP) is 4.06. The van der Waals surface area contributed by atoms with E-state index in [0.29, 0.717) is 11.5 Å². The maximum absolute atomic E-state index is 11.8. The van der Waals surface area contributed by atoms with Crippen LogP contribution >= 0.6 is 34.4 Å². The smallest absolute Gasteiger partial charge is 0.234 e. The Morgan fingerprint density at radius 2 is 2.26 bits per heavy atom. The lowest BCUT2D eigenvalue weighted by Crippen LogP contribution is -2.15. The molecule has 0 saturated heterocycles. The fourth-order valence-corrected chi connectivity index (χ4v) is 2.96. The Kier molecular flexibility index (Phi) is 5.33. The Morgan fingerprint density at radius 1 is 1.42 bits per heavy atom. The number of rotatable bonds is 5. The van der Waals surface area contributed by atoms with E-state index in [1.807, 2.05) is 37.3 Å². The van der Waals surface area contributed by atoms with Crippen molar-refractivity contribution in [1.29, 1.82) is 0 Å². The minimum atomic E-state index is 0.0147. The lowest BCUT2D eigenvalue weighted by molar-refractivity contribution is -0.113. The van der Waals surface area contributed by atoms with Gasteiger partial charge in [-0.05, 0) is 65.4 Å². The van der Waals surface area contributed by atoms with Gasteiger partial charge in [0.2, 0.25) is 5.91 Å². The summed E-state index contributed by atoms with van der Waals surface area (Å²) in [6.07, 6.45) is 1.64. The number of carbonyl (C=O) groups is 1. The van der Waals surface area contributed by atoms with Gasteiger partial charge in [-0.1, -0.05) is 0 Å². The molecule has 1 aromatic heterocycles. The maximum atomic E-state index is 11.8. The molecule has 0 saturated carbocycles. The number of anilines is 1. The van der Waals surface area contributed by atoms with E-state index in [0.717, 1.165) is 17.0 Å². The highest BCUT2D eigenvalue weighted by Crippen LogP contribution is 2.18. The summed E-state index contributed by atoms with van der Waals surface area (Å²) in [7, 11) is 0. The summed E-state index contributed by atoms with van der Waals surface area (Å²) in [6, 6.07) is 9.73. The first-order valence-corrected chi connectivity index (χ1v) is 8.04. The van der Waals surface area contributed by atoms with E-state index < -0.39 is 0 Å². The van der Waals surface area contributed by atoms with Crippen LogP contribution in [-0.4, -0.2) is 11.7 Å². The van der Waals surface area contributed by atoms with Gasteiger partial charge >= 0.3 is 0 Å². The van der Waals surface area contributed by atoms with Crippen LogP contribution in [0.5, 0.6) is 0 Å². The number of hydrogen-bond donors (Lipinski definition) is 1. The van der Waals surface area contributed by atoms with Gasteiger partial charge in [0.15, 0.2) is 0 Å². The molecule has 3 nitrogen and oxygen atoms in total. The average molecular weight is 387 g/mol. The lowest BCUT2D eigenvalue weighted by atomic mass is 10.2. The molecule has 2 rings (SSSR count). The van der Waals surface area contributed by atoms with Crippen LogP contribution in [0, 0.1) is 10.5 Å². The molecule has 0 spiro atoms. The highest BCUT2D eigenvalue weighted by molar-refractivity contribution is 14.1. The normalized spacial score (nSPS) is 10.4. The van der Waals surface area contributed by atoms with Crippen LogP contribution in [0.15, 0.2) is 41.0 Å². The molecule has 0 radical (unpaired) electrons. The molecular formula is C14H14INO2S. The molecule has 1 aromatic carbocycles. The van der Waals surface area contributed by atoms with Crippen LogP contribution in [0.1, 0.15) is 11.3 Å². The van der Waals surface area contributed by atoms with Crippen molar-refractivity contribution in [3.8, 4) is 0 Å². The molecule has 1 heterocycles. The molecule has 0 bridgehead atoms. The second-order valence-electron chi connectivity index (χ2n) is 4.08. The summed E-state index contributed by atoms with van der Waals surface area (Å²) in [5.74, 6) is 2.04. The topological polar surface area (TPSA) is 42.2 Å². The Hall–Kier alpha value is -0.950. The van der Waals surface area contributed by atoms with Crippen molar-refractivity contribution in [3.63, 3.8) is 0 Å². The van der Waals surface area contributed by atoms with Crippen LogP contribution in [0.2, 0.25) is 0 Å². The van der Waals surface area contributed by atoms with Crippen LogP contribution in [0.4, 0.5) is 5.69 Å². The van der Waals surface area contributed by atoms with Crippen molar-refractivity contribution in [2.24, 2.45) is 0 Å². The average Bonchev–Trinajstić information content (AvgIpc) is 2.86. The van der Waals surface area contributed by atoms with Gasteiger partial charge in [0.25, 0.3) is 0 Å². The molecule has 0 aliphatic rings. The standard InChI is InChI=1S/C14H14INO2S/c1-10-7-11(15)4-5-13(10)16-14(17)9-19-8-12-3-2-6-18-12/h2-7H,8-9H2,1H3,(H,16,17). The van der Waals surface area contributed by atoms with E-state index in [9.17, 15) is 4.79 Å². The van der Waals surface area contributed by atoms with Gasteiger partial charge in [-0.3, -0.25) is 4.79 Å². The first-order chi connectivity index (χ1) is 9.15. The molecule has 2 aromatic rings. The fourth-order valence-electron chi connectivity index (χ4n) is 1.59. The zero-order chi connectivity index (χ0) is 13.7. The predicted molar refractivity (Wildman–Crippen MR) is 87.4 cm³/mol. The summed E-state index contributed by atoms with van der Waals surface area (Å²) < 4.78 is 6.38. The number of amides is 1. The molecule has 100 valence electrons. The molecular weight excluding hydrogens is 373 g/mol. The third-order valence-corrected chi connectivity index (χ3v) is 4.15. The Bertz CT molecular complexity index is 555. The van der Waals surface area contributed by atoms with Crippen molar-refractivity contribution >= 4 is 45.9 Å². The van der Waals surface area contributed by atoms with Crippen molar-refractivity contribution in [3.05, 3.63) is 51.5 Å². The van der Waals surface area contributed by atoms with Gasteiger partial charge in [-0.25, -0.2) is 0 Å². The van der Waals surface area contributed by atoms with Crippen LogP contribution < -0.4 is 5.32 Å². The van der Waals surface area contributed by atoms with Crippen LogP contribution in [0.3, 0.4) is 0 Å². The molecule has 0 atom stereocenters. The van der Waals surface area contributed by atoms with E-state index in [4.69, 9.17) is 4.42 Å². The summed E-state index contributed by atoms with van der Waals surface area (Å²) >= 11 is 3.80. The zero-order valence-corrected chi connectivity index (χ0v) is 13.5. The molecule has 0 aliphatic carbocycles. The van der Waals surface area contributed by atoms with Gasteiger partial charge in [0.1, 0.15) is 5.76 Å². The largest absolute Gasteiger partial charge is 0.468 e. The number of aryl methyl sites for hydroxylation is 1. The molecule has 5 heteroatoms. The Morgan fingerprint density at radius 3 is 2.95 bits per heavy atom. The number of furan rings is 1. The van der Waals surface area contributed by atoms with Gasteiger partial charge in [-0.15, -0.1) is 11.8 Å². The number of nitrogens with one attached hydrogen (secondary N) is 1. The van der Waals surface area contributed by atoms with Gasteiger partial charge in [-0.2, -0.15) is 0 Å². The summed E-state index contributed by atoms with van der Waals surface area (Å²) in [5.41, 5.74) is 1.96. The van der Waals surface area contributed by atoms with Crippen molar-refractivity contribution in [2.45, 2.75) is 12.7 Å². The first-order valence-electron chi connectivity index (χ1n) is 5.81. The van der Waals surface area contributed by atoms with Gasteiger partial charge in [0, 0.05) is 9.26 Å². The number of halogens is 1. The minimum absolute atomic E-state index is 0.0147. The van der Waals surface area contributed by atoms with Crippen LogP contribution in [0.25, 0.3) is 0 Å². The molecule has 19 heavy (non-hydrogen) atoms. The minimum Gasteiger partial charge on any atom is -0.468 e. The Balaban J connectivity index is 1.80. The van der Waals surface area contributed by atoms with Gasteiger partial charge in [0.05, 0.1) is 17.8 Å². The van der Waals surface area contributed by atoms with Crippen molar-refractivity contribution < 1.29 is 9.21 Å². The molecule has 0 aliphatic heterocycles. The van der Waals surface area contributed by atoms with E-state index in [1.165, 1.54) is 3.57 Å². The number of carbonyl (C=O) groups excluding carboxylic acids is 1. The van der Waals surface area contributed by atoms with Crippen molar-refractivity contribution in [1.82, 2.24) is 0 Å². The monoisotopic (exact) mass is 387 g/mol. The summed E-state index contributed by atoms with van der Waals surface area (Å²) in [4.78, 5) is 11.8. The Labute approximate surface area is 130 Å². The van der Waals surface area contributed by atoms with Crippen molar-refractivity contribution in [2.75, 3.05) is 11.1 Å². The van der Waals surface area contributed by atoms with E-state index in [-0.39, 0.29) is 5.91 Å². The molecule has 0 unspecified atom stereocenters. The second kappa shape index (κ2) is 7.00. The third kappa shape index (κ3) is 4.58. The zero-order valence-electron chi connectivity index (χ0n) is 10.5. The molecule has 0 fully saturated rings. The van der Waals surface area contributed by atoms with Crippen LogP contribution in [-0.2, 0) is 10.5 Å². The number of hydrogen-bond acceptors (Lipinski definition) is 3. The highest BCUT2D eigenvalue weighted by Gasteiger charge is 2.06. The maximum Gasteiger partial charge on any atom is 0.234 e. The second-order valence-corrected chi connectivity index (χ2v) is 6.31. The quantitative estimate of drug-likeness (QED) is 0.787. The lowest BCUT2D eigenvalue weighted by Gasteiger charge is -2.08. The summed E-state index contributed by atoms with van der Waals surface area (Å²) in [6.45, 7) is 1.99. The summed E-state index contributed by atoms with van der Waals surface area (Å²) in [5, 5.41) is 2.92. The molecule has 1 amide bonds. The third-order valence-electron chi connectivity index (χ3n) is 2.52. The fraction of sp³-hybridized carbons (Fsp3) is 0.214.